The summed E-state index contributed by atoms with van der Waals surface area (Å²) in [5.41, 5.74) is 2.33. The molecule has 0 saturated carbocycles. The Kier molecular flexibility index (Phi) is 9.24. The minimum absolute atomic E-state index is 0.189. The van der Waals surface area contributed by atoms with Gasteiger partial charge in [-0.05, 0) is 92.1 Å². The Morgan fingerprint density at radius 2 is 1.55 bits per heavy atom. The monoisotopic (exact) mass is 560 g/mol. The van der Waals surface area contributed by atoms with Crippen LogP contribution in [0.3, 0.4) is 0 Å². The van der Waals surface area contributed by atoms with E-state index < -0.39 is 17.8 Å². The van der Waals surface area contributed by atoms with Crippen molar-refractivity contribution in [3.05, 3.63) is 101 Å². The lowest BCUT2D eigenvalue weighted by Crippen LogP contribution is -2.54. The van der Waals surface area contributed by atoms with E-state index in [9.17, 15) is 14.4 Å². The number of barbiturate groups is 1. The molecule has 1 saturated heterocycles. The number of imide groups is 2. The molecule has 9 heteroatoms. The van der Waals surface area contributed by atoms with Crippen LogP contribution in [0.5, 0.6) is 17.2 Å². The van der Waals surface area contributed by atoms with E-state index in [4.69, 9.17) is 25.8 Å². The molecule has 1 fully saturated rings. The standard InChI is InChI=1S/C31H29ClN2O6/c1-4-7-21-16-20(18-28(39-6-3)27(21)19-40-25-12-8-22(32)9-13-25)17-26-29(35)33-31(37)34(30(26)36)23-10-14-24(15-11-23)38-5-2/h4,8-18H,1,5-7,19H2,2-3H3,(H,33,35,37)/b26-17+. The smallest absolute Gasteiger partial charge is 0.335 e. The van der Waals surface area contributed by atoms with Gasteiger partial charge in [0, 0.05) is 10.6 Å². The Bertz CT molecular complexity index is 1450. The van der Waals surface area contributed by atoms with Crippen molar-refractivity contribution in [1.29, 1.82) is 0 Å². The lowest BCUT2D eigenvalue weighted by molar-refractivity contribution is -0.122. The second-order valence-corrected chi connectivity index (χ2v) is 9.15. The van der Waals surface area contributed by atoms with Gasteiger partial charge in [0.1, 0.15) is 29.4 Å². The molecular formula is C31H29ClN2O6. The van der Waals surface area contributed by atoms with Crippen molar-refractivity contribution in [2.24, 2.45) is 0 Å². The fourth-order valence-corrected chi connectivity index (χ4v) is 4.32. The van der Waals surface area contributed by atoms with E-state index in [1.54, 1.807) is 60.7 Å². The van der Waals surface area contributed by atoms with Crippen LogP contribution in [0.25, 0.3) is 6.08 Å². The summed E-state index contributed by atoms with van der Waals surface area (Å²) in [5, 5.41) is 2.86. The molecule has 1 N–H and O–H groups in total. The highest BCUT2D eigenvalue weighted by molar-refractivity contribution is 6.39. The van der Waals surface area contributed by atoms with Gasteiger partial charge in [0.15, 0.2) is 0 Å². The number of rotatable bonds is 11. The molecule has 0 unspecified atom stereocenters. The summed E-state index contributed by atoms with van der Waals surface area (Å²) in [5.74, 6) is 0.269. The minimum atomic E-state index is -0.826. The quantitative estimate of drug-likeness (QED) is 0.173. The molecule has 8 nitrogen and oxygen atoms in total. The molecule has 0 atom stereocenters. The van der Waals surface area contributed by atoms with Crippen LogP contribution >= 0.6 is 11.6 Å². The summed E-state index contributed by atoms with van der Waals surface area (Å²) >= 11 is 5.98. The topological polar surface area (TPSA) is 94.2 Å². The van der Waals surface area contributed by atoms with Gasteiger partial charge in [0.25, 0.3) is 11.8 Å². The Balaban J connectivity index is 1.68. The first-order valence-electron chi connectivity index (χ1n) is 12.8. The zero-order valence-corrected chi connectivity index (χ0v) is 23.0. The van der Waals surface area contributed by atoms with Gasteiger partial charge in [-0.2, -0.15) is 0 Å². The summed E-state index contributed by atoms with van der Waals surface area (Å²) in [6, 6.07) is 16.3. The van der Waals surface area contributed by atoms with E-state index in [-0.39, 0.29) is 12.2 Å². The van der Waals surface area contributed by atoms with Crippen LogP contribution in [-0.4, -0.2) is 31.1 Å². The van der Waals surface area contributed by atoms with Gasteiger partial charge < -0.3 is 14.2 Å². The van der Waals surface area contributed by atoms with Gasteiger partial charge in [-0.3, -0.25) is 14.9 Å². The Hall–Kier alpha value is -4.56. The molecule has 40 heavy (non-hydrogen) atoms. The highest BCUT2D eigenvalue weighted by atomic mass is 35.5. The molecule has 0 bridgehead atoms. The molecule has 3 aromatic rings. The number of carbonyl (C=O) groups is 3. The van der Waals surface area contributed by atoms with Crippen LogP contribution in [0.4, 0.5) is 10.5 Å². The Labute approximate surface area is 237 Å². The largest absolute Gasteiger partial charge is 0.494 e. The number of nitrogens with one attached hydrogen (secondary N) is 1. The molecule has 1 heterocycles. The molecule has 0 radical (unpaired) electrons. The zero-order chi connectivity index (χ0) is 28.6. The predicted octanol–water partition coefficient (Wildman–Crippen LogP) is 6.11. The van der Waals surface area contributed by atoms with Gasteiger partial charge in [0.05, 0.1) is 18.9 Å². The molecule has 4 rings (SSSR count). The predicted molar refractivity (Wildman–Crippen MR) is 154 cm³/mol. The summed E-state index contributed by atoms with van der Waals surface area (Å²) in [4.78, 5) is 39.7. The first kappa shape index (κ1) is 28.4. The Morgan fingerprint density at radius 3 is 2.20 bits per heavy atom. The SMILES string of the molecule is C=CCc1cc(/C=C2\C(=O)NC(=O)N(c3ccc(OCC)cc3)C2=O)cc(OCC)c1COc1ccc(Cl)cc1. The second kappa shape index (κ2) is 13.0. The minimum Gasteiger partial charge on any atom is -0.494 e. The highest BCUT2D eigenvalue weighted by Crippen LogP contribution is 2.30. The molecule has 206 valence electrons. The fourth-order valence-electron chi connectivity index (χ4n) is 4.20. The normalized spacial score (nSPS) is 14.2. The van der Waals surface area contributed by atoms with Crippen molar-refractivity contribution in [2.75, 3.05) is 18.1 Å². The number of amides is 4. The number of benzene rings is 3. The molecule has 1 aliphatic rings. The number of urea groups is 1. The van der Waals surface area contributed by atoms with Crippen molar-refractivity contribution in [2.45, 2.75) is 26.9 Å². The third kappa shape index (κ3) is 6.52. The maximum absolute atomic E-state index is 13.4. The molecular weight excluding hydrogens is 532 g/mol. The van der Waals surface area contributed by atoms with Gasteiger partial charge in [-0.25, -0.2) is 9.69 Å². The maximum Gasteiger partial charge on any atom is 0.335 e. The number of hydrogen-bond acceptors (Lipinski definition) is 6. The number of ether oxygens (including phenoxy) is 3. The zero-order valence-electron chi connectivity index (χ0n) is 22.2. The number of carbonyl (C=O) groups excluding carboxylic acids is 3. The molecule has 0 spiro atoms. The Morgan fingerprint density at radius 1 is 0.900 bits per heavy atom. The summed E-state index contributed by atoms with van der Waals surface area (Å²) in [6.07, 6.45) is 3.69. The maximum atomic E-state index is 13.4. The van der Waals surface area contributed by atoms with Crippen LogP contribution in [0.1, 0.15) is 30.5 Å². The van der Waals surface area contributed by atoms with Crippen LogP contribution < -0.4 is 24.4 Å². The summed E-state index contributed by atoms with van der Waals surface area (Å²) in [6.45, 7) is 8.66. The van der Waals surface area contributed by atoms with E-state index in [2.05, 4.69) is 11.9 Å². The lowest BCUT2D eigenvalue weighted by Gasteiger charge is -2.26. The van der Waals surface area contributed by atoms with Gasteiger partial charge >= 0.3 is 6.03 Å². The van der Waals surface area contributed by atoms with Gasteiger partial charge in [-0.15, -0.1) is 6.58 Å². The van der Waals surface area contributed by atoms with E-state index in [0.29, 0.717) is 53.2 Å². The van der Waals surface area contributed by atoms with Crippen LogP contribution in [0.15, 0.2) is 78.9 Å². The van der Waals surface area contributed by atoms with E-state index in [1.165, 1.54) is 6.08 Å². The number of halogens is 1. The van der Waals surface area contributed by atoms with Crippen molar-refractivity contribution in [3.63, 3.8) is 0 Å². The molecule has 0 aromatic heterocycles. The highest BCUT2D eigenvalue weighted by Gasteiger charge is 2.37. The molecule has 0 aliphatic carbocycles. The van der Waals surface area contributed by atoms with Gasteiger partial charge in [0.2, 0.25) is 0 Å². The van der Waals surface area contributed by atoms with E-state index in [1.807, 2.05) is 19.9 Å². The van der Waals surface area contributed by atoms with Crippen LogP contribution in [0, 0.1) is 0 Å². The number of nitrogens with zero attached hydrogens (tertiary/aromatic N) is 1. The lowest BCUT2D eigenvalue weighted by atomic mass is 9.98. The molecule has 3 aromatic carbocycles. The first-order chi connectivity index (χ1) is 19.3. The number of hydrogen-bond donors (Lipinski definition) is 1. The van der Waals surface area contributed by atoms with Gasteiger partial charge in [-0.1, -0.05) is 23.7 Å². The summed E-state index contributed by atoms with van der Waals surface area (Å²) < 4.78 is 17.3. The second-order valence-electron chi connectivity index (χ2n) is 8.71. The van der Waals surface area contributed by atoms with Crippen molar-refractivity contribution in [1.82, 2.24) is 5.32 Å². The number of anilines is 1. The fraction of sp³-hybridized carbons (Fsp3) is 0.194. The van der Waals surface area contributed by atoms with Crippen molar-refractivity contribution in [3.8, 4) is 17.2 Å². The summed E-state index contributed by atoms with van der Waals surface area (Å²) in [7, 11) is 0. The third-order valence-corrected chi connectivity index (χ3v) is 6.26. The van der Waals surface area contributed by atoms with E-state index >= 15 is 0 Å². The average molecular weight is 561 g/mol. The number of allylic oxidation sites excluding steroid dienone is 1. The van der Waals surface area contributed by atoms with E-state index in [0.717, 1.165) is 16.0 Å². The molecule has 4 amide bonds. The molecule has 1 aliphatic heterocycles. The first-order valence-corrected chi connectivity index (χ1v) is 13.1. The average Bonchev–Trinajstić information content (AvgIpc) is 2.93. The van der Waals surface area contributed by atoms with Crippen molar-refractivity contribution < 1.29 is 28.6 Å². The third-order valence-electron chi connectivity index (χ3n) is 6.00. The van der Waals surface area contributed by atoms with Crippen LogP contribution in [-0.2, 0) is 22.6 Å². The van der Waals surface area contributed by atoms with Crippen molar-refractivity contribution >= 4 is 41.2 Å². The van der Waals surface area contributed by atoms with Crippen LogP contribution in [0.2, 0.25) is 5.02 Å².